The van der Waals surface area contributed by atoms with Crippen LogP contribution >= 0.6 is 11.8 Å². The minimum Gasteiger partial charge on any atom is -0.293 e. The van der Waals surface area contributed by atoms with E-state index >= 15 is 0 Å². The molecule has 4 aromatic rings. The first kappa shape index (κ1) is 20.0. The summed E-state index contributed by atoms with van der Waals surface area (Å²) in [7, 11) is 0. The summed E-state index contributed by atoms with van der Waals surface area (Å²) in [6.45, 7) is 4.33. The smallest absolute Gasteiger partial charge is 0.196 e. The van der Waals surface area contributed by atoms with Crippen molar-refractivity contribution in [2.24, 2.45) is 0 Å². The fourth-order valence-corrected chi connectivity index (χ4v) is 4.12. The Morgan fingerprint density at radius 2 is 1.73 bits per heavy atom. The van der Waals surface area contributed by atoms with Gasteiger partial charge in [-0.2, -0.15) is 0 Å². The van der Waals surface area contributed by atoms with Gasteiger partial charge in [0.25, 0.3) is 0 Å². The molecule has 0 amide bonds. The van der Waals surface area contributed by atoms with Crippen LogP contribution in [0.4, 0.5) is 0 Å². The summed E-state index contributed by atoms with van der Waals surface area (Å²) in [4.78, 5) is 16.9. The number of nitrogens with zero attached hydrogens (tertiary/aromatic N) is 4. The lowest BCUT2D eigenvalue weighted by molar-refractivity contribution is 0.102. The second-order valence-electron chi connectivity index (χ2n) is 7.17. The fourth-order valence-electron chi connectivity index (χ4n) is 3.28. The third-order valence-electron chi connectivity index (χ3n) is 4.78. The highest BCUT2D eigenvalue weighted by Gasteiger charge is 2.20. The van der Waals surface area contributed by atoms with Crippen LogP contribution in [0, 0.1) is 0 Å². The zero-order chi connectivity index (χ0) is 20.9. The van der Waals surface area contributed by atoms with Crippen molar-refractivity contribution >= 4 is 17.5 Å². The summed E-state index contributed by atoms with van der Waals surface area (Å²) in [6, 6.07) is 21.4. The molecule has 0 saturated carbocycles. The summed E-state index contributed by atoms with van der Waals surface area (Å²) in [5.41, 5.74) is 3.79. The summed E-state index contributed by atoms with van der Waals surface area (Å²) in [6.07, 6.45) is 3.52. The van der Waals surface area contributed by atoms with Gasteiger partial charge in [0.2, 0.25) is 0 Å². The Labute approximate surface area is 180 Å². The molecule has 0 unspecified atom stereocenters. The van der Waals surface area contributed by atoms with Gasteiger partial charge in [-0.25, -0.2) is 0 Å². The largest absolute Gasteiger partial charge is 0.293 e. The summed E-state index contributed by atoms with van der Waals surface area (Å²) in [5, 5.41) is 9.57. The van der Waals surface area contributed by atoms with Crippen LogP contribution in [0.1, 0.15) is 35.7 Å². The quantitative estimate of drug-likeness (QED) is 0.298. The molecule has 150 valence electrons. The van der Waals surface area contributed by atoms with Crippen molar-refractivity contribution in [3.8, 4) is 17.1 Å². The van der Waals surface area contributed by atoms with Crippen molar-refractivity contribution in [3.63, 3.8) is 0 Å². The van der Waals surface area contributed by atoms with E-state index in [1.54, 1.807) is 12.4 Å². The first-order valence-corrected chi connectivity index (χ1v) is 10.8. The van der Waals surface area contributed by atoms with Crippen LogP contribution in [0.25, 0.3) is 17.1 Å². The number of carbonyl (C=O) groups is 1. The Bertz CT molecular complexity index is 1140. The Kier molecular flexibility index (Phi) is 6.05. The Morgan fingerprint density at radius 1 is 0.967 bits per heavy atom. The van der Waals surface area contributed by atoms with Crippen molar-refractivity contribution in [1.29, 1.82) is 0 Å². The van der Waals surface area contributed by atoms with E-state index in [9.17, 15) is 4.79 Å². The van der Waals surface area contributed by atoms with Crippen LogP contribution in [-0.2, 0) is 0 Å². The molecule has 0 radical (unpaired) electrons. The number of carbonyl (C=O) groups excluding carboxylic acids is 1. The predicted octanol–water partition coefficient (Wildman–Crippen LogP) is 5.43. The number of para-hydroxylation sites is 1. The Hall–Kier alpha value is -3.25. The standard InChI is InChI=1S/C24H22N4OS/c1-17(2)20-12-6-7-13-21(20)28-23(19-11-8-14-25-15-19)26-27-24(28)30-16-22(29)18-9-4-3-5-10-18/h3-15,17H,16H2,1-2H3. The van der Waals surface area contributed by atoms with Crippen molar-refractivity contribution in [2.75, 3.05) is 5.75 Å². The molecular formula is C24H22N4OS. The fraction of sp³-hybridized carbons (Fsp3) is 0.167. The minimum absolute atomic E-state index is 0.0650. The van der Waals surface area contributed by atoms with E-state index in [0.717, 1.165) is 11.3 Å². The second-order valence-corrected chi connectivity index (χ2v) is 8.12. The highest BCUT2D eigenvalue weighted by Crippen LogP contribution is 2.32. The molecule has 0 aliphatic rings. The number of thioether (sulfide) groups is 1. The molecule has 0 saturated heterocycles. The molecule has 6 heteroatoms. The Balaban J connectivity index is 1.75. The minimum atomic E-state index is 0.0650. The zero-order valence-electron chi connectivity index (χ0n) is 16.9. The first-order chi connectivity index (χ1) is 14.6. The third kappa shape index (κ3) is 4.19. The van der Waals surface area contributed by atoms with Crippen LogP contribution in [-0.4, -0.2) is 31.3 Å². The molecule has 4 rings (SSSR count). The van der Waals surface area contributed by atoms with E-state index in [2.05, 4.69) is 41.2 Å². The van der Waals surface area contributed by atoms with E-state index in [-0.39, 0.29) is 5.78 Å². The molecule has 0 aliphatic heterocycles. The van der Waals surface area contributed by atoms with Crippen LogP contribution in [0.3, 0.4) is 0 Å². The number of pyridine rings is 1. The van der Waals surface area contributed by atoms with Crippen molar-refractivity contribution in [2.45, 2.75) is 24.9 Å². The van der Waals surface area contributed by atoms with E-state index in [4.69, 9.17) is 0 Å². The predicted molar refractivity (Wildman–Crippen MR) is 120 cm³/mol. The summed E-state index contributed by atoms with van der Waals surface area (Å²) in [5.74, 6) is 1.40. The normalized spacial score (nSPS) is 11.0. The second kappa shape index (κ2) is 9.05. The first-order valence-electron chi connectivity index (χ1n) is 9.81. The molecule has 0 fully saturated rings. The summed E-state index contributed by atoms with van der Waals surface area (Å²) >= 11 is 1.40. The van der Waals surface area contributed by atoms with Gasteiger partial charge in [-0.05, 0) is 29.7 Å². The van der Waals surface area contributed by atoms with Crippen molar-refractivity contribution in [1.82, 2.24) is 19.7 Å². The lowest BCUT2D eigenvalue weighted by Crippen LogP contribution is -2.07. The molecule has 0 bridgehead atoms. The van der Waals surface area contributed by atoms with Gasteiger partial charge in [0.05, 0.1) is 11.4 Å². The van der Waals surface area contributed by atoms with E-state index in [0.29, 0.717) is 28.2 Å². The van der Waals surface area contributed by atoms with E-state index in [1.165, 1.54) is 17.3 Å². The van der Waals surface area contributed by atoms with Gasteiger partial charge in [0.1, 0.15) is 0 Å². The van der Waals surface area contributed by atoms with Crippen LogP contribution in [0.2, 0.25) is 0 Å². The number of hydrogen-bond donors (Lipinski definition) is 0. The highest BCUT2D eigenvalue weighted by molar-refractivity contribution is 7.99. The van der Waals surface area contributed by atoms with Crippen molar-refractivity contribution < 1.29 is 4.79 Å². The molecule has 2 aromatic heterocycles. The maximum absolute atomic E-state index is 12.6. The van der Waals surface area contributed by atoms with Gasteiger partial charge in [0.15, 0.2) is 16.8 Å². The molecule has 0 spiro atoms. The Morgan fingerprint density at radius 3 is 2.47 bits per heavy atom. The highest BCUT2D eigenvalue weighted by atomic mass is 32.2. The number of Topliss-reactive ketones (excluding diaryl/α,β-unsaturated/α-hetero) is 1. The number of aromatic nitrogens is 4. The molecule has 0 atom stereocenters. The number of ketones is 1. The van der Waals surface area contributed by atoms with Gasteiger partial charge in [-0.1, -0.05) is 74.1 Å². The monoisotopic (exact) mass is 414 g/mol. The summed E-state index contributed by atoms with van der Waals surface area (Å²) < 4.78 is 2.04. The number of hydrogen-bond acceptors (Lipinski definition) is 5. The zero-order valence-corrected chi connectivity index (χ0v) is 17.7. The van der Waals surface area contributed by atoms with E-state index in [1.807, 2.05) is 59.2 Å². The van der Waals surface area contributed by atoms with Gasteiger partial charge in [-0.15, -0.1) is 10.2 Å². The molecular weight excluding hydrogens is 392 g/mol. The maximum atomic E-state index is 12.6. The van der Waals surface area contributed by atoms with E-state index < -0.39 is 0 Å². The molecule has 2 aromatic carbocycles. The number of rotatable bonds is 7. The maximum Gasteiger partial charge on any atom is 0.196 e. The van der Waals surface area contributed by atoms with Crippen LogP contribution < -0.4 is 0 Å². The topological polar surface area (TPSA) is 60.7 Å². The average Bonchev–Trinajstić information content (AvgIpc) is 3.22. The van der Waals surface area contributed by atoms with Crippen LogP contribution in [0.15, 0.2) is 84.3 Å². The third-order valence-corrected chi connectivity index (χ3v) is 5.71. The van der Waals surface area contributed by atoms with Gasteiger partial charge in [-0.3, -0.25) is 14.3 Å². The van der Waals surface area contributed by atoms with Gasteiger partial charge < -0.3 is 0 Å². The van der Waals surface area contributed by atoms with Crippen LogP contribution in [0.5, 0.6) is 0 Å². The molecule has 0 N–H and O–H groups in total. The molecule has 30 heavy (non-hydrogen) atoms. The average molecular weight is 415 g/mol. The molecule has 5 nitrogen and oxygen atoms in total. The van der Waals surface area contributed by atoms with Crippen molar-refractivity contribution in [3.05, 3.63) is 90.3 Å². The lowest BCUT2D eigenvalue weighted by Gasteiger charge is -2.16. The molecule has 2 heterocycles. The lowest BCUT2D eigenvalue weighted by atomic mass is 10.0. The number of benzene rings is 2. The van der Waals surface area contributed by atoms with Gasteiger partial charge in [0, 0.05) is 23.5 Å². The van der Waals surface area contributed by atoms with Gasteiger partial charge >= 0.3 is 0 Å². The molecule has 0 aliphatic carbocycles. The SMILES string of the molecule is CC(C)c1ccccc1-n1c(SCC(=O)c2ccccc2)nnc1-c1cccnc1.